The van der Waals surface area contributed by atoms with Crippen LogP contribution >= 0.6 is 0 Å². The summed E-state index contributed by atoms with van der Waals surface area (Å²) < 4.78 is 0. The predicted octanol–water partition coefficient (Wildman–Crippen LogP) is 5.94. The Balaban J connectivity index is 0.000000364. The average Bonchev–Trinajstić information content (AvgIpc) is 2.71. The Bertz CT molecular complexity index is 181. The van der Waals surface area contributed by atoms with Crippen molar-refractivity contribution < 1.29 is 19.5 Å². The third kappa shape index (κ3) is 4.33. The van der Waals surface area contributed by atoms with Crippen LogP contribution in [0.15, 0.2) is 0 Å². The maximum atomic E-state index is 2.20. The van der Waals surface area contributed by atoms with Gasteiger partial charge in [0.25, 0.3) is 0 Å². The van der Waals surface area contributed by atoms with Crippen molar-refractivity contribution >= 4 is 0 Å². The molecule has 0 spiro atoms. The van der Waals surface area contributed by atoms with Crippen LogP contribution in [0.5, 0.6) is 0 Å². The van der Waals surface area contributed by atoms with Gasteiger partial charge in [0.2, 0.25) is 0 Å². The molecule has 0 bridgehead atoms. The monoisotopic (exact) mass is 372 g/mol. The molecular weight excluding hydrogens is 341 g/mol. The maximum absolute atomic E-state index is 2.20. The number of hydrogen-bond donors (Lipinski definition) is 0. The van der Waals surface area contributed by atoms with Crippen LogP contribution in [0.25, 0.3) is 0 Å². The van der Waals surface area contributed by atoms with Crippen LogP contribution in [0.4, 0.5) is 0 Å². The molecule has 0 aromatic heterocycles. The van der Waals surface area contributed by atoms with E-state index in [-0.39, 0.29) is 19.5 Å². The van der Waals surface area contributed by atoms with Gasteiger partial charge in [0.15, 0.2) is 0 Å². The molecule has 0 aromatic carbocycles. The minimum atomic E-state index is 0. The van der Waals surface area contributed by atoms with Crippen molar-refractivity contribution in [2.75, 3.05) is 0 Å². The Morgan fingerprint density at radius 2 is 0.286 bits per heavy atom. The zero-order valence-corrected chi connectivity index (χ0v) is 17.1. The molecule has 0 saturated heterocycles. The summed E-state index contributed by atoms with van der Waals surface area (Å²) in [5.74, 6) is 14.7. The molecule has 2 saturated carbocycles. The molecule has 10 radical (unpaired) electrons. The summed E-state index contributed by atoms with van der Waals surface area (Å²) >= 11 is 0. The summed E-state index contributed by atoms with van der Waals surface area (Å²) in [7, 11) is 0. The van der Waals surface area contributed by atoms with Crippen LogP contribution in [-0.2, 0) is 19.5 Å². The molecular formula is C20H30Ru+2. The third-order valence-corrected chi connectivity index (χ3v) is 5.62. The molecule has 0 aromatic rings. The molecule has 0 unspecified atom stereocenters. The summed E-state index contributed by atoms with van der Waals surface area (Å²) in [6.07, 6.45) is 0. The summed E-state index contributed by atoms with van der Waals surface area (Å²) in [5, 5.41) is 0. The fourth-order valence-electron chi connectivity index (χ4n) is 2.81. The Labute approximate surface area is 148 Å². The van der Waals surface area contributed by atoms with Crippen molar-refractivity contribution in [3.05, 3.63) is 59.2 Å². The van der Waals surface area contributed by atoms with E-state index in [1.54, 1.807) is 0 Å². The van der Waals surface area contributed by atoms with Gasteiger partial charge in [-0.2, -0.15) is 0 Å². The van der Waals surface area contributed by atoms with Gasteiger partial charge in [-0.05, 0) is 59.2 Å². The molecule has 0 amide bonds. The SMILES string of the molecule is C[C]1[C](C)[C](C)[C](C)[C]1C.C[C]1[C](C)[C](C)[C](C)[C]1C.[Ru+2]. The zero-order valence-electron chi connectivity index (χ0n) is 15.4. The standard InChI is InChI=1S/2C10H15.Ru/c2*1-6-7(2)9(4)10(5)8(6)3;/h2*1-5H3;/q;;+2. The van der Waals surface area contributed by atoms with E-state index in [4.69, 9.17) is 0 Å². The van der Waals surface area contributed by atoms with Crippen molar-refractivity contribution in [2.24, 2.45) is 0 Å². The van der Waals surface area contributed by atoms with E-state index in [0.717, 1.165) is 0 Å². The van der Waals surface area contributed by atoms with E-state index in [9.17, 15) is 0 Å². The van der Waals surface area contributed by atoms with E-state index in [1.807, 2.05) is 0 Å². The Morgan fingerprint density at radius 1 is 0.238 bits per heavy atom. The molecule has 2 fully saturated rings. The molecule has 0 aliphatic heterocycles. The van der Waals surface area contributed by atoms with Gasteiger partial charge in [0.05, 0.1) is 0 Å². The van der Waals surface area contributed by atoms with Gasteiger partial charge in [-0.1, -0.05) is 69.2 Å². The van der Waals surface area contributed by atoms with Crippen LogP contribution in [-0.4, -0.2) is 0 Å². The fourth-order valence-corrected chi connectivity index (χ4v) is 2.81. The van der Waals surface area contributed by atoms with E-state index in [1.165, 1.54) is 59.2 Å². The number of hydrogen-bond acceptors (Lipinski definition) is 0. The van der Waals surface area contributed by atoms with Gasteiger partial charge < -0.3 is 0 Å². The fraction of sp³-hybridized carbons (Fsp3) is 0.500. The van der Waals surface area contributed by atoms with Crippen molar-refractivity contribution in [1.82, 2.24) is 0 Å². The van der Waals surface area contributed by atoms with Crippen LogP contribution in [0.3, 0.4) is 0 Å². The van der Waals surface area contributed by atoms with Crippen LogP contribution in [0, 0.1) is 59.2 Å². The smallest absolute Gasteiger partial charge is 0.0579 e. The molecule has 21 heavy (non-hydrogen) atoms. The summed E-state index contributed by atoms with van der Waals surface area (Å²) in [4.78, 5) is 0. The predicted molar refractivity (Wildman–Crippen MR) is 89.2 cm³/mol. The molecule has 0 atom stereocenters. The molecule has 0 heterocycles. The van der Waals surface area contributed by atoms with Gasteiger partial charge in [0.1, 0.15) is 0 Å². The van der Waals surface area contributed by atoms with E-state index >= 15 is 0 Å². The van der Waals surface area contributed by atoms with E-state index in [0.29, 0.717) is 0 Å². The van der Waals surface area contributed by atoms with E-state index in [2.05, 4.69) is 69.2 Å². The van der Waals surface area contributed by atoms with Gasteiger partial charge >= 0.3 is 19.5 Å². The van der Waals surface area contributed by atoms with Crippen LogP contribution in [0.1, 0.15) is 69.2 Å². The summed E-state index contributed by atoms with van der Waals surface area (Å²) in [5.41, 5.74) is 0. The second-order valence-electron chi connectivity index (χ2n) is 6.25. The topological polar surface area (TPSA) is 0 Å². The van der Waals surface area contributed by atoms with Crippen molar-refractivity contribution in [3.63, 3.8) is 0 Å². The molecule has 1 heteroatoms. The first-order chi connectivity index (χ1) is 9.11. The quantitative estimate of drug-likeness (QED) is 0.462. The van der Waals surface area contributed by atoms with Crippen molar-refractivity contribution in [3.8, 4) is 0 Å². The minimum absolute atomic E-state index is 0. The van der Waals surface area contributed by atoms with E-state index < -0.39 is 0 Å². The number of rotatable bonds is 0. The zero-order chi connectivity index (χ0) is 15.8. The summed E-state index contributed by atoms with van der Waals surface area (Å²) in [6, 6.07) is 0. The maximum Gasteiger partial charge on any atom is 2.00 e. The molecule has 2 rings (SSSR count). The van der Waals surface area contributed by atoms with Gasteiger partial charge in [0, 0.05) is 0 Å². The summed E-state index contributed by atoms with van der Waals surface area (Å²) in [6.45, 7) is 22.0. The van der Waals surface area contributed by atoms with Gasteiger partial charge in [-0.3, -0.25) is 0 Å². The minimum Gasteiger partial charge on any atom is -0.0579 e. The van der Waals surface area contributed by atoms with Crippen LogP contribution in [0.2, 0.25) is 0 Å². The second-order valence-corrected chi connectivity index (χ2v) is 6.25. The van der Waals surface area contributed by atoms with Gasteiger partial charge in [-0.15, -0.1) is 0 Å². The molecule has 0 N–H and O–H groups in total. The molecule has 116 valence electrons. The Morgan fingerprint density at radius 3 is 0.333 bits per heavy atom. The van der Waals surface area contributed by atoms with Crippen molar-refractivity contribution in [1.29, 1.82) is 0 Å². The molecule has 0 nitrogen and oxygen atoms in total. The average molecular weight is 372 g/mol. The third-order valence-electron chi connectivity index (χ3n) is 5.62. The largest absolute Gasteiger partial charge is 2.00 e. The Hall–Kier alpha value is 0.623. The second kappa shape index (κ2) is 8.47. The molecule has 2 aliphatic rings. The van der Waals surface area contributed by atoms with Crippen LogP contribution < -0.4 is 0 Å². The normalized spacial score (nSPS) is 27.1. The first-order valence-electron chi connectivity index (χ1n) is 7.50. The van der Waals surface area contributed by atoms with Crippen molar-refractivity contribution in [2.45, 2.75) is 69.2 Å². The first kappa shape index (κ1) is 21.6. The van der Waals surface area contributed by atoms with Gasteiger partial charge in [-0.25, -0.2) is 0 Å². The molecule has 2 aliphatic carbocycles. The Kier molecular flexibility index (Phi) is 8.72. The first-order valence-corrected chi connectivity index (χ1v) is 7.50.